The van der Waals surface area contributed by atoms with Crippen molar-refractivity contribution < 1.29 is 9.90 Å². The van der Waals surface area contributed by atoms with Gasteiger partial charge in [-0.2, -0.15) is 0 Å². The van der Waals surface area contributed by atoms with Crippen molar-refractivity contribution in [2.45, 2.75) is 50.5 Å². The Morgan fingerprint density at radius 2 is 1.65 bits per heavy atom. The number of benzene rings is 1. The van der Waals surface area contributed by atoms with Crippen molar-refractivity contribution in [3.63, 3.8) is 0 Å². The van der Waals surface area contributed by atoms with Gasteiger partial charge in [-0.3, -0.25) is 9.69 Å². The van der Waals surface area contributed by atoms with E-state index in [4.69, 9.17) is 0 Å². The van der Waals surface area contributed by atoms with Gasteiger partial charge in [0.15, 0.2) is 5.78 Å². The van der Waals surface area contributed by atoms with Crippen molar-refractivity contribution in [2.75, 3.05) is 13.1 Å². The number of likely N-dealkylation sites (tertiary alicyclic amines) is 1. The Bertz CT molecular complexity index is 468. The summed E-state index contributed by atoms with van der Waals surface area (Å²) >= 11 is 0. The number of aromatic hydroxyl groups is 1. The smallest absolute Gasteiger partial charge is 0.157 e. The molecule has 108 valence electrons. The zero-order valence-corrected chi connectivity index (χ0v) is 12.0. The van der Waals surface area contributed by atoms with Gasteiger partial charge in [-0.05, 0) is 56.5 Å². The summed E-state index contributed by atoms with van der Waals surface area (Å²) in [5, 5.41) is 9.33. The van der Waals surface area contributed by atoms with Crippen LogP contribution in [0.4, 0.5) is 0 Å². The summed E-state index contributed by atoms with van der Waals surface area (Å²) in [6, 6.07) is 7.05. The molecule has 0 atom stereocenters. The predicted molar refractivity (Wildman–Crippen MR) is 78.8 cm³/mol. The van der Waals surface area contributed by atoms with Crippen LogP contribution in [0.3, 0.4) is 0 Å². The van der Waals surface area contributed by atoms with E-state index in [1.165, 1.54) is 25.7 Å². The van der Waals surface area contributed by atoms with Crippen LogP contribution in [0.2, 0.25) is 0 Å². The Morgan fingerprint density at radius 3 is 2.25 bits per heavy atom. The number of nitrogens with zero attached hydrogens (tertiary/aromatic N) is 1. The summed E-state index contributed by atoms with van der Waals surface area (Å²) in [4.78, 5) is 15.4. The zero-order valence-electron chi connectivity index (χ0n) is 12.0. The lowest BCUT2D eigenvalue weighted by atomic mass is 9.86. The van der Waals surface area contributed by atoms with Crippen LogP contribution < -0.4 is 0 Å². The van der Waals surface area contributed by atoms with Crippen LogP contribution in [0.1, 0.15) is 44.1 Å². The largest absolute Gasteiger partial charge is 0.508 e. The molecule has 3 heteroatoms. The van der Waals surface area contributed by atoms with Gasteiger partial charge in [0.05, 0.1) is 5.54 Å². The van der Waals surface area contributed by atoms with Gasteiger partial charge >= 0.3 is 0 Å². The summed E-state index contributed by atoms with van der Waals surface area (Å²) in [7, 11) is 0. The summed E-state index contributed by atoms with van der Waals surface area (Å²) in [5.74, 6) is 0.638. The van der Waals surface area contributed by atoms with Crippen molar-refractivity contribution in [2.24, 2.45) is 0 Å². The van der Waals surface area contributed by atoms with Crippen molar-refractivity contribution in [1.29, 1.82) is 0 Å². The molecule has 2 aliphatic rings. The molecule has 0 spiro atoms. The number of carbonyl (C=O) groups excluding carboxylic acids is 1. The first-order valence-corrected chi connectivity index (χ1v) is 7.77. The molecule has 1 aliphatic carbocycles. The Hall–Kier alpha value is -1.35. The number of ketones is 1. The maximum absolute atomic E-state index is 12.9. The molecular weight excluding hydrogens is 250 g/mol. The standard InChI is InChI=1S/C17H23NO2/c19-15-7-5-14(6-8-15)13-16(20)17(9-1-2-10-17)18-11-3-4-12-18/h5-8,19H,1-4,9-13H2. The second kappa shape index (κ2) is 5.57. The fraction of sp³-hybridized carbons (Fsp3) is 0.588. The fourth-order valence-electron chi connectivity index (χ4n) is 3.84. The summed E-state index contributed by atoms with van der Waals surface area (Å²) in [6.45, 7) is 2.17. The van der Waals surface area contributed by atoms with Crippen LogP contribution in [0.5, 0.6) is 5.75 Å². The normalized spacial score (nSPS) is 22.2. The van der Waals surface area contributed by atoms with Gasteiger partial charge in [-0.15, -0.1) is 0 Å². The molecule has 0 unspecified atom stereocenters. The molecule has 3 rings (SSSR count). The Morgan fingerprint density at radius 1 is 1.05 bits per heavy atom. The highest BCUT2D eigenvalue weighted by Gasteiger charge is 2.45. The molecule has 1 N–H and O–H groups in total. The molecule has 2 fully saturated rings. The van der Waals surface area contributed by atoms with Crippen LogP contribution in [0.25, 0.3) is 0 Å². The third-order valence-corrected chi connectivity index (χ3v) is 4.96. The van der Waals surface area contributed by atoms with Crippen molar-refractivity contribution >= 4 is 5.78 Å². The molecule has 20 heavy (non-hydrogen) atoms. The first-order chi connectivity index (χ1) is 9.71. The Labute approximate surface area is 120 Å². The minimum absolute atomic E-state index is 0.186. The van der Waals surface area contributed by atoms with Crippen LogP contribution in [-0.2, 0) is 11.2 Å². The average molecular weight is 273 g/mol. The first-order valence-electron chi connectivity index (χ1n) is 7.77. The molecule has 0 radical (unpaired) electrons. The monoisotopic (exact) mass is 273 g/mol. The average Bonchev–Trinajstić information content (AvgIpc) is 3.12. The van der Waals surface area contributed by atoms with E-state index < -0.39 is 0 Å². The van der Waals surface area contributed by atoms with E-state index in [0.717, 1.165) is 31.5 Å². The van der Waals surface area contributed by atoms with E-state index in [-0.39, 0.29) is 11.3 Å². The molecule has 1 aromatic carbocycles. The van der Waals surface area contributed by atoms with Crippen LogP contribution in [-0.4, -0.2) is 34.4 Å². The Balaban J connectivity index is 1.77. The summed E-state index contributed by atoms with van der Waals surface area (Å²) in [5.41, 5.74) is 0.826. The van der Waals surface area contributed by atoms with E-state index in [0.29, 0.717) is 12.2 Å². The quantitative estimate of drug-likeness (QED) is 0.917. The lowest BCUT2D eigenvalue weighted by Gasteiger charge is -2.37. The van der Waals surface area contributed by atoms with Crippen LogP contribution >= 0.6 is 0 Å². The van der Waals surface area contributed by atoms with Crippen molar-refractivity contribution in [1.82, 2.24) is 4.90 Å². The van der Waals surface area contributed by atoms with E-state index in [1.54, 1.807) is 12.1 Å². The van der Waals surface area contributed by atoms with Gasteiger partial charge in [0.1, 0.15) is 5.75 Å². The minimum Gasteiger partial charge on any atom is -0.508 e. The molecule has 1 saturated heterocycles. The van der Waals surface area contributed by atoms with Crippen molar-refractivity contribution in [3.8, 4) is 5.75 Å². The summed E-state index contributed by atoms with van der Waals surface area (Å²) < 4.78 is 0. The van der Waals surface area contributed by atoms with Gasteiger partial charge in [-0.25, -0.2) is 0 Å². The van der Waals surface area contributed by atoms with Gasteiger partial charge < -0.3 is 5.11 Å². The SMILES string of the molecule is O=C(Cc1ccc(O)cc1)C1(N2CCCC2)CCCC1. The van der Waals surface area contributed by atoms with Gasteiger partial charge in [-0.1, -0.05) is 25.0 Å². The van der Waals surface area contributed by atoms with E-state index in [2.05, 4.69) is 4.90 Å². The maximum Gasteiger partial charge on any atom is 0.157 e. The highest BCUT2D eigenvalue weighted by molar-refractivity contribution is 5.90. The van der Waals surface area contributed by atoms with Gasteiger partial charge in [0, 0.05) is 6.42 Å². The van der Waals surface area contributed by atoms with Crippen LogP contribution in [0, 0.1) is 0 Å². The summed E-state index contributed by atoms with van der Waals surface area (Å²) in [6.07, 6.45) is 7.38. The number of Topliss-reactive ketones (excluding diaryl/α,β-unsaturated/α-hetero) is 1. The fourth-order valence-corrected chi connectivity index (χ4v) is 3.84. The first kappa shape index (κ1) is 13.6. The highest BCUT2D eigenvalue weighted by atomic mass is 16.3. The highest BCUT2D eigenvalue weighted by Crippen LogP contribution is 2.39. The van der Waals surface area contributed by atoms with E-state index in [1.807, 2.05) is 12.1 Å². The molecule has 1 saturated carbocycles. The lowest BCUT2D eigenvalue weighted by molar-refractivity contribution is -0.129. The molecule has 3 nitrogen and oxygen atoms in total. The van der Waals surface area contributed by atoms with Crippen LogP contribution in [0.15, 0.2) is 24.3 Å². The molecule has 0 bridgehead atoms. The second-order valence-corrected chi connectivity index (χ2v) is 6.20. The van der Waals surface area contributed by atoms with E-state index >= 15 is 0 Å². The number of phenolic OH excluding ortho intramolecular Hbond substituents is 1. The minimum atomic E-state index is -0.186. The third-order valence-electron chi connectivity index (χ3n) is 4.96. The number of hydrogen-bond donors (Lipinski definition) is 1. The second-order valence-electron chi connectivity index (χ2n) is 6.20. The van der Waals surface area contributed by atoms with Crippen molar-refractivity contribution in [3.05, 3.63) is 29.8 Å². The molecule has 1 aliphatic heterocycles. The number of phenols is 1. The zero-order chi connectivity index (χ0) is 14.0. The topological polar surface area (TPSA) is 40.5 Å². The maximum atomic E-state index is 12.9. The molecule has 0 amide bonds. The van der Waals surface area contributed by atoms with Gasteiger partial charge in [0.25, 0.3) is 0 Å². The number of rotatable bonds is 4. The molecular formula is C17H23NO2. The predicted octanol–water partition coefficient (Wildman–Crippen LogP) is 2.91. The Kier molecular flexibility index (Phi) is 3.79. The van der Waals surface area contributed by atoms with Gasteiger partial charge in [0.2, 0.25) is 0 Å². The van der Waals surface area contributed by atoms with E-state index in [9.17, 15) is 9.90 Å². The lowest BCUT2D eigenvalue weighted by Crippen LogP contribution is -2.52. The number of carbonyl (C=O) groups is 1. The molecule has 1 heterocycles. The molecule has 0 aromatic heterocycles. The number of hydrogen-bond acceptors (Lipinski definition) is 3. The molecule has 1 aromatic rings. The third kappa shape index (κ3) is 2.47.